The van der Waals surface area contributed by atoms with Crippen molar-refractivity contribution in [2.75, 3.05) is 5.32 Å². The van der Waals surface area contributed by atoms with Gasteiger partial charge >= 0.3 is 6.09 Å². The van der Waals surface area contributed by atoms with Crippen molar-refractivity contribution in [3.63, 3.8) is 0 Å². The summed E-state index contributed by atoms with van der Waals surface area (Å²) in [6.07, 6.45) is -0.726. The van der Waals surface area contributed by atoms with Gasteiger partial charge in [-0.25, -0.2) is 9.18 Å². The Bertz CT molecular complexity index is 602. The lowest BCUT2D eigenvalue weighted by Gasteiger charge is -2.08. The Morgan fingerprint density at radius 3 is 2.42 bits per heavy atom. The molecule has 0 aliphatic carbocycles. The maximum absolute atomic E-state index is 12.7. The zero-order chi connectivity index (χ0) is 13.8. The maximum atomic E-state index is 12.7. The molecule has 19 heavy (non-hydrogen) atoms. The van der Waals surface area contributed by atoms with Gasteiger partial charge in [-0.05, 0) is 42.5 Å². The molecule has 6 heteroatoms. The molecule has 0 fully saturated rings. The minimum absolute atomic E-state index is 0.226. The number of benzene rings is 2. The first-order valence-corrected chi connectivity index (χ1v) is 5.99. The Labute approximate surface area is 118 Å². The topological polar surface area (TPSA) is 38.3 Å². The molecule has 98 valence electrons. The number of amides is 1. The molecule has 0 atom stereocenters. The molecule has 0 aliphatic rings. The smallest absolute Gasteiger partial charge is 0.410 e. The summed E-state index contributed by atoms with van der Waals surface area (Å²) in [4.78, 5) is 11.6. The standard InChI is InChI=1S/C13H8Cl2FNO2/c14-8-1-6-12(11(15)7-8)17-13(18)19-10-4-2-9(16)3-5-10/h1-7H,(H,17,18). The van der Waals surface area contributed by atoms with Crippen molar-refractivity contribution in [2.24, 2.45) is 0 Å². The number of carbonyl (C=O) groups is 1. The van der Waals surface area contributed by atoms with E-state index in [1.165, 1.54) is 30.3 Å². The number of nitrogens with one attached hydrogen (secondary N) is 1. The predicted molar refractivity (Wildman–Crippen MR) is 72.5 cm³/mol. The molecule has 0 saturated carbocycles. The molecule has 0 aliphatic heterocycles. The second-order valence-corrected chi connectivity index (χ2v) is 4.44. The average Bonchev–Trinajstić information content (AvgIpc) is 2.36. The van der Waals surface area contributed by atoms with Crippen LogP contribution in [-0.4, -0.2) is 6.09 Å². The Morgan fingerprint density at radius 2 is 1.79 bits per heavy atom. The van der Waals surface area contributed by atoms with E-state index in [0.717, 1.165) is 0 Å². The van der Waals surface area contributed by atoms with Crippen molar-refractivity contribution in [2.45, 2.75) is 0 Å². The highest BCUT2D eigenvalue weighted by Gasteiger charge is 2.08. The van der Waals surface area contributed by atoms with Crippen molar-refractivity contribution >= 4 is 35.0 Å². The molecule has 2 aromatic rings. The SMILES string of the molecule is O=C(Nc1ccc(Cl)cc1Cl)Oc1ccc(F)cc1. The quantitative estimate of drug-likeness (QED) is 0.869. The van der Waals surface area contributed by atoms with Gasteiger partial charge in [-0.2, -0.15) is 0 Å². The van der Waals surface area contributed by atoms with Crippen molar-refractivity contribution in [3.05, 3.63) is 58.3 Å². The summed E-state index contributed by atoms with van der Waals surface area (Å²) >= 11 is 11.6. The monoisotopic (exact) mass is 299 g/mol. The molecule has 3 nitrogen and oxygen atoms in total. The van der Waals surface area contributed by atoms with Gasteiger partial charge in [0.05, 0.1) is 10.7 Å². The number of rotatable bonds is 2. The van der Waals surface area contributed by atoms with Crippen LogP contribution in [0.3, 0.4) is 0 Å². The van der Waals surface area contributed by atoms with Crippen molar-refractivity contribution < 1.29 is 13.9 Å². The largest absolute Gasteiger partial charge is 0.417 e. The first-order chi connectivity index (χ1) is 9.04. The van der Waals surface area contributed by atoms with Gasteiger partial charge in [0.25, 0.3) is 0 Å². The Morgan fingerprint density at radius 1 is 1.11 bits per heavy atom. The predicted octanol–water partition coefficient (Wildman–Crippen LogP) is 4.74. The van der Waals surface area contributed by atoms with E-state index in [0.29, 0.717) is 15.7 Å². The van der Waals surface area contributed by atoms with E-state index in [1.54, 1.807) is 12.1 Å². The third-order valence-corrected chi connectivity index (χ3v) is 2.74. The van der Waals surface area contributed by atoms with Crippen LogP contribution in [-0.2, 0) is 0 Å². The molecule has 2 rings (SSSR count). The number of ether oxygens (including phenoxy) is 1. The molecule has 0 heterocycles. The van der Waals surface area contributed by atoms with Crippen LogP contribution in [0, 0.1) is 5.82 Å². The van der Waals surface area contributed by atoms with Gasteiger partial charge in [0.15, 0.2) is 0 Å². The lowest BCUT2D eigenvalue weighted by atomic mass is 10.3. The number of hydrogen-bond acceptors (Lipinski definition) is 2. The molecular formula is C13H8Cl2FNO2. The Kier molecular flexibility index (Phi) is 4.24. The molecule has 0 aromatic heterocycles. The van der Waals surface area contributed by atoms with Crippen LogP contribution in [0.5, 0.6) is 5.75 Å². The van der Waals surface area contributed by atoms with Gasteiger partial charge in [-0.1, -0.05) is 23.2 Å². The summed E-state index contributed by atoms with van der Waals surface area (Å²) in [5.41, 5.74) is 0.373. The third-order valence-electron chi connectivity index (χ3n) is 2.19. The van der Waals surface area contributed by atoms with Crippen LogP contribution in [0.1, 0.15) is 0 Å². The summed E-state index contributed by atoms with van der Waals surface area (Å²) in [5.74, 6) is -0.183. The van der Waals surface area contributed by atoms with Crippen LogP contribution in [0.2, 0.25) is 10.0 Å². The van der Waals surface area contributed by atoms with E-state index in [9.17, 15) is 9.18 Å². The lowest BCUT2D eigenvalue weighted by Crippen LogP contribution is -2.16. The van der Waals surface area contributed by atoms with Gasteiger partial charge in [-0.3, -0.25) is 5.32 Å². The van der Waals surface area contributed by atoms with Crippen LogP contribution in [0.25, 0.3) is 0 Å². The van der Waals surface area contributed by atoms with Crippen molar-refractivity contribution in [1.29, 1.82) is 0 Å². The van der Waals surface area contributed by atoms with Gasteiger partial charge in [0.1, 0.15) is 11.6 Å². The second-order valence-electron chi connectivity index (χ2n) is 3.59. The molecule has 0 radical (unpaired) electrons. The summed E-state index contributed by atoms with van der Waals surface area (Å²) in [7, 11) is 0. The Balaban J connectivity index is 2.03. The molecule has 0 saturated heterocycles. The van der Waals surface area contributed by atoms with Crippen LogP contribution >= 0.6 is 23.2 Å². The third kappa shape index (κ3) is 3.84. The average molecular weight is 300 g/mol. The van der Waals surface area contributed by atoms with Crippen LogP contribution in [0.4, 0.5) is 14.9 Å². The van der Waals surface area contributed by atoms with E-state index in [1.807, 2.05) is 0 Å². The van der Waals surface area contributed by atoms with E-state index in [4.69, 9.17) is 27.9 Å². The normalized spacial score (nSPS) is 10.1. The molecule has 1 N–H and O–H groups in total. The summed E-state index contributed by atoms with van der Waals surface area (Å²) in [5, 5.41) is 3.21. The second kappa shape index (κ2) is 5.91. The number of anilines is 1. The van der Waals surface area contributed by atoms with Crippen LogP contribution < -0.4 is 10.1 Å². The molecule has 0 bridgehead atoms. The van der Waals surface area contributed by atoms with Crippen molar-refractivity contribution in [3.8, 4) is 5.75 Å². The zero-order valence-electron chi connectivity index (χ0n) is 9.49. The zero-order valence-corrected chi connectivity index (χ0v) is 11.0. The lowest BCUT2D eigenvalue weighted by molar-refractivity contribution is 0.215. The van der Waals surface area contributed by atoms with E-state index in [-0.39, 0.29) is 5.75 Å². The number of hydrogen-bond donors (Lipinski definition) is 1. The van der Waals surface area contributed by atoms with Crippen molar-refractivity contribution in [1.82, 2.24) is 0 Å². The summed E-state index contributed by atoms with van der Waals surface area (Å²) in [6.45, 7) is 0. The molecule has 0 unspecified atom stereocenters. The summed E-state index contributed by atoms with van der Waals surface area (Å²) < 4.78 is 17.6. The summed E-state index contributed by atoms with van der Waals surface area (Å²) in [6, 6.07) is 9.71. The van der Waals surface area contributed by atoms with Gasteiger partial charge in [0, 0.05) is 5.02 Å². The first-order valence-electron chi connectivity index (χ1n) is 5.24. The maximum Gasteiger partial charge on any atom is 0.417 e. The highest BCUT2D eigenvalue weighted by Crippen LogP contribution is 2.25. The first kappa shape index (κ1) is 13.6. The fourth-order valence-electron chi connectivity index (χ4n) is 1.34. The van der Waals surface area contributed by atoms with Gasteiger partial charge < -0.3 is 4.74 Å². The van der Waals surface area contributed by atoms with Gasteiger partial charge in [-0.15, -0.1) is 0 Å². The minimum Gasteiger partial charge on any atom is -0.410 e. The highest BCUT2D eigenvalue weighted by atomic mass is 35.5. The molecular weight excluding hydrogens is 292 g/mol. The Hall–Kier alpha value is -1.78. The van der Waals surface area contributed by atoms with E-state index >= 15 is 0 Å². The fraction of sp³-hybridized carbons (Fsp3) is 0. The number of halogens is 3. The molecule has 1 amide bonds. The van der Waals surface area contributed by atoms with E-state index in [2.05, 4.69) is 5.32 Å². The number of carbonyl (C=O) groups excluding carboxylic acids is 1. The highest BCUT2D eigenvalue weighted by molar-refractivity contribution is 6.36. The molecule has 2 aromatic carbocycles. The fourth-order valence-corrected chi connectivity index (χ4v) is 1.79. The molecule has 0 spiro atoms. The van der Waals surface area contributed by atoms with Crippen LogP contribution in [0.15, 0.2) is 42.5 Å². The van der Waals surface area contributed by atoms with E-state index < -0.39 is 11.9 Å². The minimum atomic E-state index is -0.726. The van der Waals surface area contributed by atoms with Gasteiger partial charge in [0.2, 0.25) is 0 Å².